The van der Waals surface area contributed by atoms with E-state index in [-0.39, 0.29) is 16.9 Å². The van der Waals surface area contributed by atoms with Crippen LogP contribution in [0.4, 0.5) is 15.8 Å². The number of carbonyl (C=O) groups is 1. The molecular formula is C15H13FN2O4. The van der Waals surface area contributed by atoms with Crippen molar-refractivity contribution in [2.24, 2.45) is 0 Å². The average molecular weight is 304 g/mol. The minimum absolute atomic E-state index is 0.0397. The summed E-state index contributed by atoms with van der Waals surface area (Å²) in [6.45, 7) is 1.74. The second-order valence-corrected chi connectivity index (χ2v) is 4.58. The summed E-state index contributed by atoms with van der Waals surface area (Å²) in [6.07, 6.45) is 0. The van der Waals surface area contributed by atoms with Gasteiger partial charge in [-0.15, -0.1) is 0 Å². The number of nitrogens with zero attached hydrogens (tertiary/aromatic N) is 1. The van der Waals surface area contributed by atoms with Crippen LogP contribution < -0.4 is 10.1 Å². The van der Waals surface area contributed by atoms with Gasteiger partial charge in [0.05, 0.1) is 17.7 Å². The molecule has 1 N–H and O–H groups in total. The van der Waals surface area contributed by atoms with Crippen LogP contribution in [0.15, 0.2) is 36.4 Å². The monoisotopic (exact) mass is 304 g/mol. The Labute approximate surface area is 125 Å². The first-order valence-corrected chi connectivity index (χ1v) is 6.32. The Morgan fingerprint density at radius 1 is 1.27 bits per heavy atom. The van der Waals surface area contributed by atoms with Crippen molar-refractivity contribution in [3.63, 3.8) is 0 Å². The zero-order valence-electron chi connectivity index (χ0n) is 11.9. The predicted molar refractivity (Wildman–Crippen MR) is 78.7 cm³/mol. The highest BCUT2D eigenvalue weighted by atomic mass is 19.1. The molecule has 2 rings (SSSR count). The van der Waals surface area contributed by atoms with E-state index < -0.39 is 16.6 Å². The molecule has 2 aromatic carbocycles. The van der Waals surface area contributed by atoms with Crippen LogP contribution in [0.3, 0.4) is 0 Å². The first kappa shape index (κ1) is 15.4. The fourth-order valence-electron chi connectivity index (χ4n) is 1.91. The van der Waals surface area contributed by atoms with E-state index in [0.717, 1.165) is 5.56 Å². The number of methoxy groups -OCH3 is 1. The highest BCUT2D eigenvalue weighted by Crippen LogP contribution is 2.25. The van der Waals surface area contributed by atoms with Crippen LogP contribution in [-0.2, 0) is 0 Å². The van der Waals surface area contributed by atoms with Gasteiger partial charge in [-0.2, -0.15) is 0 Å². The molecule has 0 heterocycles. The summed E-state index contributed by atoms with van der Waals surface area (Å²) in [4.78, 5) is 22.6. The van der Waals surface area contributed by atoms with Gasteiger partial charge in [-0.3, -0.25) is 14.9 Å². The Balaban J connectivity index is 2.40. The summed E-state index contributed by atoms with van der Waals surface area (Å²) in [7, 11) is 1.38. The SMILES string of the molecule is COc1ccc([N+](=O)[O-])c(C(=O)Nc2cc(C)ccc2F)c1. The van der Waals surface area contributed by atoms with Crippen molar-refractivity contribution >= 4 is 17.3 Å². The summed E-state index contributed by atoms with van der Waals surface area (Å²) >= 11 is 0. The Morgan fingerprint density at radius 2 is 2.00 bits per heavy atom. The Bertz CT molecular complexity index is 746. The van der Waals surface area contributed by atoms with Crippen LogP contribution in [0, 0.1) is 22.9 Å². The quantitative estimate of drug-likeness (QED) is 0.694. The van der Waals surface area contributed by atoms with Gasteiger partial charge in [-0.1, -0.05) is 6.07 Å². The largest absolute Gasteiger partial charge is 0.497 e. The molecule has 0 unspecified atom stereocenters. The van der Waals surface area contributed by atoms with Crippen LogP contribution >= 0.6 is 0 Å². The molecule has 22 heavy (non-hydrogen) atoms. The molecule has 0 aliphatic carbocycles. The number of benzene rings is 2. The lowest BCUT2D eigenvalue weighted by molar-refractivity contribution is -0.385. The standard InChI is InChI=1S/C15H13FN2O4/c1-9-3-5-12(16)13(7-9)17-15(19)11-8-10(22-2)4-6-14(11)18(20)21/h3-8H,1-2H3,(H,17,19). The number of rotatable bonds is 4. The van der Waals surface area contributed by atoms with Crippen molar-refractivity contribution in [1.29, 1.82) is 0 Å². The lowest BCUT2D eigenvalue weighted by atomic mass is 10.1. The molecule has 6 nitrogen and oxygen atoms in total. The van der Waals surface area contributed by atoms with Crippen LogP contribution in [-0.4, -0.2) is 17.9 Å². The summed E-state index contributed by atoms with van der Waals surface area (Å²) in [5, 5.41) is 13.3. The zero-order valence-corrected chi connectivity index (χ0v) is 11.9. The minimum Gasteiger partial charge on any atom is -0.497 e. The molecule has 0 radical (unpaired) electrons. The van der Waals surface area contributed by atoms with E-state index in [2.05, 4.69) is 5.32 Å². The van der Waals surface area contributed by atoms with Crippen molar-refractivity contribution in [3.8, 4) is 5.75 Å². The molecule has 0 fully saturated rings. The minimum atomic E-state index is -0.782. The van der Waals surface area contributed by atoms with Gasteiger partial charge in [0.15, 0.2) is 0 Å². The molecule has 0 saturated heterocycles. The van der Waals surface area contributed by atoms with Gasteiger partial charge in [0.1, 0.15) is 17.1 Å². The van der Waals surface area contributed by atoms with Crippen molar-refractivity contribution in [1.82, 2.24) is 0 Å². The summed E-state index contributed by atoms with van der Waals surface area (Å²) in [6, 6.07) is 7.99. The fourth-order valence-corrected chi connectivity index (χ4v) is 1.91. The molecule has 2 aromatic rings. The molecule has 0 aliphatic heterocycles. The van der Waals surface area contributed by atoms with Crippen molar-refractivity contribution in [2.75, 3.05) is 12.4 Å². The van der Waals surface area contributed by atoms with Gasteiger partial charge in [0, 0.05) is 6.07 Å². The number of hydrogen-bond acceptors (Lipinski definition) is 4. The Kier molecular flexibility index (Phi) is 4.36. The lowest BCUT2D eigenvalue weighted by Crippen LogP contribution is -2.15. The van der Waals surface area contributed by atoms with Crippen LogP contribution in [0.2, 0.25) is 0 Å². The van der Waals surface area contributed by atoms with E-state index in [1.807, 2.05) is 0 Å². The van der Waals surface area contributed by atoms with Crippen molar-refractivity contribution < 1.29 is 18.8 Å². The molecule has 0 spiro atoms. The number of halogens is 1. The first-order valence-electron chi connectivity index (χ1n) is 6.32. The van der Waals surface area contributed by atoms with E-state index >= 15 is 0 Å². The van der Waals surface area contributed by atoms with Gasteiger partial charge in [0.25, 0.3) is 11.6 Å². The molecule has 7 heteroatoms. The third kappa shape index (κ3) is 3.20. The predicted octanol–water partition coefficient (Wildman–Crippen LogP) is 3.30. The normalized spacial score (nSPS) is 10.1. The van der Waals surface area contributed by atoms with E-state index in [9.17, 15) is 19.3 Å². The Hall–Kier alpha value is -2.96. The zero-order chi connectivity index (χ0) is 16.3. The van der Waals surface area contributed by atoms with E-state index in [0.29, 0.717) is 5.75 Å². The second-order valence-electron chi connectivity index (χ2n) is 4.58. The topological polar surface area (TPSA) is 81.5 Å². The number of anilines is 1. The molecule has 0 bridgehead atoms. The number of nitro benzene ring substituents is 1. The number of nitrogens with one attached hydrogen (secondary N) is 1. The average Bonchev–Trinajstić information content (AvgIpc) is 2.50. The van der Waals surface area contributed by atoms with Gasteiger partial charge in [-0.05, 0) is 36.8 Å². The molecule has 0 saturated carbocycles. The maximum Gasteiger partial charge on any atom is 0.282 e. The van der Waals surface area contributed by atoms with Gasteiger partial charge in [0.2, 0.25) is 0 Å². The first-order chi connectivity index (χ1) is 10.4. The second kappa shape index (κ2) is 6.21. The number of amides is 1. The molecular weight excluding hydrogens is 291 g/mol. The van der Waals surface area contributed by atoms with Gasteiger partial charge >= 0.3 is 0 Å². The number of nitro groups is 1. The van der Waals surface area contributed by atoms with Crippen LogP contribution in [0.1, 0.15) is 15.9 Å². The van der Waals surface area contributed by atoms with Crippen LogP contribution in [0.25, 0.3) is 0 Å². The fraction of sp³-hybridized carbons (Fsp3) is 0.133. The highest BCUT2D eigenvalue weighted by Gasteiger charge is 2.22. The third-order valence-electron chi connectivity index (χ3n) is 3.02. The van der Waals surface area contributed by atoms with Crippen molar-refractivity contribution in [3.05, 3.63) is 63.5 Å². The third-order valence-corrected chi connectivity index (χ3v) is 3.02. The van der Waals surface area contributed by atoms with Crippen LogP contribution in [0.5, 0.6) is 5.75 Å². The van der Waals surface area contributed by atoms with E-state index in [4.69, 9.17) is 4.74 Å². The lowest BCUT2D eigenvalue weighted by Gasteiger charge is -2.09. The van der Waals surface area contributed by atoms with Gasteiger partial charge in [-0.25, -0.2) is 4.39 Å². The summed E-state index contributed by atoms with van der Waals surface area (Å²) in [5.41, 5.74) is 0.121. The number of aryl methyl sites for hydroxylation is 1. The van der Waals surface area contributed by atoms with Crippen molar-refractivity contribution in [2.45, 2.75) is 6.92 Å². The maximum absolute atomic E-state index is 13.7. The Morgan fingerprint density at radius 3 is 2.64 bits per heavy atom. The number of carbonyl (C=O) groups excluding carboxylic acids is 1. The number of ether oxygens (including phenoxy) is 1. The number of hydrogen-bond donors (Lipinski definition) is 1. The van der Waals surface area contributed by atoms with E-state index in [1.54, 1.807) is 13.0 Å². The summed E-state index contributed by atoms with van der Waals surface area (Å²) < 4.78 is 18.6. The summed E-state index contributed by atoms with van der Waals surface area (Å²) in [5.74, 6) is -1.11. The maximum atomic E-state index is 13.7. The molecule has 0 aromatic heterocycles. The molecule has 114 valence electrons. The smallest absolute Gasteiger partial charge is 0.282 e. The van der Waals surface area contributed by atoms with E-state index in [1.165, 1.54) is 37.4 Å². The molecule has 1 amide bonds. The van der Waals surface area contributed by atoms with Gasteiger partial charge < -0.3 is 10.1 Å². The molecule has 0 aliphatic rings. The highest BCUT2D eigenvalue weighted by molar-refractivity contribution is 6.07. The molecule has 0 atom stereocenters.